The molecule has 2 heteroatoms. The highest BCUT2D eigenvalue weighted by Crippen LogP contribution is 2.36. The van der Waals surface area contributed by atoms with E-state index < -0.39 is 5.60 Å². The van der Waals surface area contributed by atoms with Crippen LogP contribution in [0.4, 0.5) is 0 Å². The van der Waals surface area contributed by atoms with Gasteiger partial charge in [-0.3, -0.25) is 0 Å². The molecule has 82 valence electrons. The van der Waals surface area contributed by atoms with Crippen LogP contribution >= 0.6 is 0 Å². The number of hydrogen-bond acceptors (Lipinski definition) is 2. The van der Waals surface area contributed by atoms with Gasteiger partial charge in [0.1, 0.15) is 0 Å². The van der Waals surface area contributed by atoms with Gasteiger partial charge >= 0.3 is 0 Å². The Morgan fingerprint density at radius 2 is 1.93 bits per heavy atom. The average Bonchev–Trinajstić information content (AvgIpc) is 2.25. The first-order chi connectivity index (χ1) is 7.13. The van der Waals surface area contributed by atoms with Crippen LogP contribution < -0.4 is 5.32 Å². The summed E-state index contributed by atoms with van der Waals surface area (Å²) < 4.78 is 0. The Bertz CT molecular complexity index is 325. The molecule has 0 spiro atoms. The SMILES string of the molecule is C[C@H]1C[C@](O)(c2ccccc2)[C@@H](C)CN1. The van der Waals surface area contributed by atoms with Gasteiger partial charge in [0, 0.05) is 18.5 Å². The topological polar surface area (TPSA) is 32.3 Å². The van der Waals surface area contributed by atoms with Crippen molar-refractivity contribution in [3.05, 3.63) is 35.9 Å². The van der Waals surface area contributed by atoms with Gasteiger partial charge in [-0.1, -0.05) is 37.3 Å². The van der Waals surface area contributed by atoms with Gasteiger partial charge < -0.3 is 10.4 Å². The van der Waals surface area contributed by atoms with Crippen LogP contribution in [-0.4, -0.2) is 17.7 Å². The first-order valence-electron chi connectivity index (χ1n) is 5.64. The average molecular weight is 205 g/mol. The van der Waals surface area contributed by atoms with Crippen LogP contribution in [0.2, 0.25) is 0 Å². The Hall–Kier alpha value is -0.860. The van der Waals surface area contributed by atoms with Gasteiger partial charge in [-0.05, 0) is 18.9 Å². The second kappa shape index (κ2) is 3.95. The Labute approximate surface area is 91.3 Å². The second-order valence-electron chi connectivity index (χ2n) is 4.70. The predicted molar refractivity (Wildman–Crippen MR) is 61.6 cm³/mol. The van der Waals surface area contributed by atoms with E-state index in [1.807, 2.05) is 30.3 Å². The second-order valence-corrected chi connectivity index (χ2v) is 4.70. The number of nitrogens with one attached hydrogen (secondary N) is 1. The van der Waals surface area contributed by atoms with E-state index >= 15 is 0 Å². The van der Waals surface area contributed by atoms with Crippen molar-refractivity contribution in [1.29, 1.82) is 0 Å². The van der Waals surface area contributed by atoms with E-state index in [0.717, 1.165) is 18.5 Å². The molecule has 1 aromatic rings. The van der Waals surface area contributed by atoms with Crippen LogP contribution in [0.3, 0.4) is 0 Å². The summed E-state index contributed by atoms with van der Waals surface area (Å²) in [6.07, 6.45) is 0.790. The van der Waals surface area contributed by atoms with Crippen molar-refractivity contribution in [2.45, 2.75) is 31.9 Å². The fourth-order valence-corrected chi connectivity index (χ4v) is 2.42. The highest BCUT2D eigenvalue weighted by atomic mass is 16.3. The molecule has 3 atom stereocenters. The molecule has 2 rings (SSSR count). The molecule has 1 heterocycles. The number of aliphatic hydroxyl groups is 1. The lowest BCUT2D eigenvalue weighted by Gasteiger charge is -2.42. The smallest absolute Gasteiger partial charge is 0.0948 e. The Kier molecular flexibility index (Phi) is 2.81. The van der Waals surface area contributed by atoms with Crippen molar-refractivity contribution in [1.82, 2.24) is 5.32 Å². The maximum absolute atomic E-state index is 10.7. The van der Waals surface area contributed by atoms with Gasteiger partial charge in [0.25, 0.3) is 0 Å². The summed E-state index contributed by atoms with van der Waals surface area (Å²) in [5.74, 6) is 0.260. The fraction of sp³-hybridized carbons (Fsp3) is 0.538. The Morgan fingerprint density at radius 3 is 2.60 bits per heavy atom. The van der Waals surface area contributed by atoms with Gasteiger partial charge in [0.15, 0.2) is 0 Å². The van der Waals surface area contributed by atoms with Gasteiger partial charge in [-0.15, -0.1) is 0 Å². The first-order valence-corrected chi connectivity index (χ1v) is 5.64. The van der Waals surface area contributed by atoms with Gasteiger partial charge in [0.05, 0.1) is 5.60 Å². The van der Waals surface area contributed by atoms with E-state index in [9.17, 15) is 5.11 Å². The number of hydrogen-bond donors (Lipinski definition) is 2. The third kappa shape index (κ3) is 1.92. The van der Waals surface area contributed by atoms with E-state index in [2.05, 4.69) is 19.2 Å². The molecular formula is C13H19NO. The van der Waals surface area contributed by atoms with Crippen LogP contribution in [0.5, 0.6) is 0 Å². The molecule has 0 unspecified atom stereocenters. The molecule has 0 aromatic heterocycles. The van der Waals surface area contributed by atoms with E-state index in [1.165, 1.54) is 0 Å². The van der Waals surface area contributed by atoms with Crippen molar-refractivity contribution in [2.75, 3.05) is 6.54 Å². The highest BCUT2D eigenvalue weighted by Gasteiger charge is 2.39. The standard InChI is InChI=1S/C13H19NO/c1-10-9-14-11(2)8-13(10,15)12-6-4-3-5-7-12/h3-7,10-11,14-15H,8-9H2,1-2H3/t10-,11-,13+/m0/s1. The Morgan fingerprint density at radius 1 is 1.27 bits per heavy atom. The largest absolute Gasteiger partial charge is 0.385 e. The van der Waals surface area contributed by atoms with Crippen LogP contribution in [0.15, 0.2) is 30.3 Å². The molecule has 0 amide bonds. The monoisotopic (exact) mass is 205 g/mol. The van der Waals surface area contributed by atoms with E-state index in [-0.39, 0.29) is 5.92 Å². The molecular weight excluding hydrogens is 186 g/mol. The molecule has 15 heavy (non-hydrogen) atoms. The summed E-state index contributed by atoms with van der Waals surface area (Å²) >= 11 is 0. The van der Waals surface area contributed by atoms with Crippen LogP contribution in [0.25, 0.3) is 0 Å². The number of rotatable bonds is 1. The van der Waals surface area contributed by atoms with Crippen LogP contribution in [0.1, 0.15) is 25.8 Å². The molecule has 1 saturated heterocycles. The molecule has 2 nitrogen and oxygen atoms in total. The summed E-state index contributed by atoms with van der Waals surface area (Å²) in [5, 5.41) is 14.1. The first kappa shape index (κ1) is 10.7. The highest BCUT2D eigenvalue weighted by molar-refractivity contribution is 5.24. The maximum Gasteiger partial charge on any atom is 0.0948 e. The van der Waals surface area contributed by atoms with Crippen LogP contribution in [-0.2, 0) is 5.60 Å². The van der Waals surface area contributed by atoms with Crippen molar-refractivity contribution >= 4 is 0 Å². The molecule has 0 radical (unpaired) electrons. The van der Waals surface area contributed by atoms with Crippen molar-refractivity contribution in [3.8, 4) is 0 Å². The zero-order valence-corrected chi connectivity index (χ0v) is 9.40. The third-order valence-electron chi connectivity index (χ3n) is 3.48. The summed E-state index contributed by atoms with van der Waals surface area (Å²) in [6, 6.07) is 10.4. The van der Waals surface area contributed by atoms with E-state index in [1.54, 1.807) is 0 Å². The minimum atomic E-state index is -0.661. The van der Waals surface area contributed by atoms with Crippen molar-refractivity contribution in [3.63, 3.8) is 0 Å². The fourth-order valence-electron chi connectivity index (χ4n) is 2.42. The minimum absolute atomic E-state index is 0.260. The van der Waals surface area contributed by atoms with Crippen LogP contribution in [0, 0.1) is 5.92 Å². The normalized spacial score (nSPS) is 36.5. The summed E-state index contributed by atoms with van der Waals surface area (Å²) in [7, 11) is 0. The number of benzene rings is 1. The molecule has 2 N–H and O–H groups in total. The zero-order chi connectivity index (χ0) is 10.9. The summed E-state index contributed by atoms with van der Waals surface area (Å²) in [4.78, 5) is 0. The Balaban J connectivity index is 2.31. The molecule has 0 saturated carbocycles. The predicted octanol–water partition coefficient (Wildman–Crippen LogP) is 1.89. The van der Waals surface area contributed by atoms with Crippen molar-refractivity contribution in [2.24, 2.45) is 5.92 Å². The van der Waals surface area contributed by atoms with E-state index in [0.29, 0.717) is 6.04 Å². The molecule has 1 aliphatic heterocycles. The van der Waals surface area contributed by atoms with Gasteiger partial charge in [-0.25, -0.2) is 0 Å². The van der Waals surface area contributed by atoms with Crippen molar-refractivity contribution < 1.29 is 5.11 Å². The molecule has 0 aliphatic carbocycles. The molecule has 0 bridgehead atoms. The minimum Gasteiger partial charge on any atom is -0.385 e. The third-order valence-corrected chi connectivity index (χ3v) is 3.48. The van der Waals surface area contributed by atoms with Gasteiger partial charge in [0.2, 0.25) is 0 Å². The molecule has 1 aromatic carbocycles. The lowest BCUT2D eigenvalue weighted by molar-refractivity contribution is -0.0507. The summed E-state index contributed by atoms with van der Waals surface area (Å²) in [6.45, 7) is 5.11. The quantitative estimate of drug-likeness (QED) is 0.734. The maximum atomic E-state index is 10.7. The van der Waals surface area contributed by atoms with E-state index in [4.69, 9.17) is 0 Å². The summed E-state index contributed by atoms with van der Waals surface area (Å²) in [5.41, 5.74) is 0.386. The lowest BCUT2D eigenvalue weighted by Crippen LogP contribution is -2.50. The zero-order valence-electron chi connectivity index (χ0n) is 9.40. The molecule has 1 aliphatic rings. The van der Waals surface area contributed by atoms with Gasteiger partial charge in [-0.2, -0.15) is 0 Å². The molecule has 1 fully saturated rings. The number of piperidine rings is 1. The lowest BCUT2D eigenvalue weighted by atomic mass is 9.75.